The number of nitrogens with zero attached hydrogens (tertiary/aromatic N) is 3. The molecule has 3 amide bonds. The number of anilines is 2. The summed E-state index contributed by atoms with van der Waals surface area (Å²) in [5, 5.41) is 10.1. The lowest BCUT2D eigenvalue weighted by molar-refractivity contribution is -0.129. The van der Waals surface area contributed by atoms with Gasteiger partial charge in [0, 0.05) is 36.9 Å². The van der Waals surface area contributed by atoms with Gasteiger partial charge in [0.25, 0.3) is 5.91 Å². The molecule has 1 aliphatic heterocycles. The number of urea groups is 1. The van der Waals surface area contributed by atoms with Crippen LogP contribution in [-0.4, -0.2) is 41.6 Å². The Bertz CT molecular complexity index is 1050. The van der Waals surface area contributed by atoms with E-state index in [1.165, 1.54) is 0 Å². The van der Waals surface area contributed by atoms with E-state index in [4.69, 9.17) is 5.73 Å². The Hall–Kier alpha value is -3.81. The first-order valence-electron chi connectivity index (χ1n) is 9.89. The first kappa shape index (κ1) is 19.5. The topological polar surface area (TPSA) is 104 Å². The van der Waals surface area contributed by atoms with Crippen LogP contribution in [0.5, 0.6) is 0 Å². The summed E-state index contributed by atoms with van der Waals surface area (Å²) in [6, 6.07) is 16.6. The van der Waals surface area contributed by atoms with Crippen LogP contribution in [0.15, 0.2) is 60.8 Å². The smallest absolute Gasteiger partial charge is 0.315 e. The molecule has 8 heteroatoms. The predicted molar refractivity (Wildman–Crippen MR) is 117 cm³/mol. The molecule has 4 N–H and O–H groups in total. The zero-order chi connectivity index (χ0) is 20.9. The number of hydrogen-bond donors (Lipinski definition) is 3. The summed E-state index contributed by atoms with van der Waals surface area (Å²) < 4.78 is 0. The highest BCUT2D eigenvalue weighted by Crippen LogP contribution is 2.29. The molecule has 0 aliphatic carbocycles. The zero-order valence-electron chi connectivity index (χ0n) is 16.5. The molecule has 4 rings (SSSR count). The second-order valence-electron chi connectivity index (χ2n) is 7.12. The summed E-state index contributed by atoms with van der Waals surface area (Å²) in [5.41, 5.74) is 9.09. The van der Waals surface area contributed by atoms with Crippen LogP contribution in [0.25, 0.3) is 10.9 Å². The minimum absolute atomic E-state index is 0.0763. The monoisotopic (exact) mass is 404 g/mol. The van der Waals surface area contributed by atoms with Crippen molar-refractivity contribution in [3.63, 3.8) is 0 Å². The maximum atomic E-state index is 12.8. The maximum absolute atomic E-state index is 12.8. The van der Waals surface area contributed by atoms with Crippen LogP contribution >= 0.6 is 0 Å². The van der Waals surface area contributed by atoms with Crippen LogP contribution in [0.1, 0.15) is 12.0 Å². The third kappa shape index (κ3) is 4.27. The molecular weight excluding hydrogens is 380 g/mol. The van der Waals surface area contributed by atoms with E-state index in [0.29, 0.717) is 18.8 Å². The normalized spacial score (nSPS) is 13.5. The number of rotatable bonds is 5. The van der Waals surface area contributed by atoms with E-state index in [-0.39, 0.29) is 18.5 Å². The lowest BCUT2D eigenvalue weighted by atomic mass is 10.2. The third-order valence-corrected chi connectivity index (χ3v) is 5.05. The molecule has 1 saturated heterocycles. The summed E-state index contributed by atoms with van der Waals surface area (Å²) in [4.78, 5) is 29.3. The van der Waals surface area contributed by atoms with Gasteiger partial charge < -0.3 is 16.4 Å². The number of hydrogen-bond acceptors (Lipinski definition) is 5. The first-order chi connectivity index (χ1) is 14.6. The van der Waals surface area contributed by atoms with Crippen molar-refractivity contribution in [2.75, 3.05) is 30.4 Å². The summed E-state index contributed by atoms with van der Waals surface area (Å²) >= 11 is 0. The highest BCUT2D eigenvalue weighted by molar-refractivity contribution is 5.93. The summed E-state index contributed by atoms with van der Waals surface area (Å²) in [7, 11) is 0. The molecule has 0 bridgehead atoms. The largest absolute Gasteiger partial charge is 0.399 e. The predicted octanol–water partition coefficient (Wildman–Crippen LogP) is 2.27. The molecule has 0 saturated carbocycles. The molecule has 0 atom stereocenters. The third-order valence-electron chi connectivity index (χ3n) is 5.05. The summed E-state index contributed by atoms with van der Waals surface area (Å²) in [6.07, 6.45) is 2.62. The van der Waals surface area contributed by atoms with E-state index < -0.39 is 0 Å². The molecule has 8 nitrogen and oxygen atoms in total. The number of carbonyl (C=O) groups excluding carboxylic acids is 2. The van der Waals surface area contributed by atoms with Crippen molar-refractivity contribution in [1.82, 2.24) is 20.6 Å². The molecule has 30 heavy (non-hydrogen) atoms. The molecule has 0 unspecified atom stereocenters. The number of hydrazine groups is 1. The van der Waals surface area contributed by atoms with Gasteiger partial charge in [-0.05, 0) is 48.4 Å². The number of benzene rings is 2. The highest BCUT2D eigenvalue weighted by Gasteiger charge is 2.28. The summed E-state index contributed by atoms with van der Waals surface area (Å²) in [5.74, 6) is -0.156. The molecule has 1 aliphatic rings. The van der Waals surface area contributed by atoms with Gasteiger partial charge in [-0.3, -0.25) is 19.8 Å². The van der Waals surface area contributed by atoms with Crippen molar-refractivity contribution in [2.24, 2.45) is 0 Å². The second-order valence-corrected chi connectivity index (χ2v) is 7.12. The van der Waals surface area contributed by atoms with Gasteiger partial charge in [-0.25, -0.2) is 4.79 Å². The average molecular weight is 404 g/mol. The van der Waals surface area contributed by atoms with Crippen LogP contribution < -0.4 is 21.4 Å². The molecule has 154 valence electrons. The summed E-state index contributed by atoms with van der Waals surface area (Å²) in [6.45, 7) is 1.64. The Labute approximate surface area is 174 Å². The van der Waals surface area contributed by atoms with E-state index in [1.54, 1.807) is 23.3 Å². The Morgan fingerprint density at radius 3 is 2.67 bits per heavy atom. The van der Waals surface area contributed by atoms with Gasteiger partial charge in [-0.1, -0.05) is 18.2 Å². The van der Waals surface area contributed by atoms with Crippen molar-refractivity contribution in [2.45, 2.75) is 13.0 Å². The fourth-order valence-corrected chi connectivity index (χ4v) is 3.56. The van der Waals surface area contributed by atoms with E-state index >= 15 is 0 Å². The van der Waals surface area contributed by atoms with Gasteiger partial charge in [0.15, 0.2) is 0 Å². The van der Waals surface area contributed by atoms with Gasteiger partial charge in [0.1, 0.15) is 6.54 Å². The first-order valence-corrected chi connectivity index (χ1v) is 9.89. The second kappa shape index (κ2) is 8.69. The lowest BCUT2D eigenvalue weighted by Crippen LogP contribution is -2.48. The van der Waals surface area contributed by atoms with Crippen LogP contribution in [0.4, 0.5) is 16.2 Å². The number of pyridine rings is 1. The molecule has 2 aromatic carbocycles. The number of fused-ring (bicyclic) bond motifs is 1. The van der Waals surface area contributed by atoms with Crippen molar-refractivity contribution < 1.29 is 9.59 Å². The SMILES string of the molecule is Nc1ccc(CNC(=O)NCC(=O)N2CCCN2c2cccc3ncccc23)cc1. The highest BCUT2D eigenvalue weighted by atomic mass is 16.2. The molecule has 2 heterocycles. The number of nitrogen functional groups attached to an aromatic ring is 1. The molecular formula is C22H24N6O2. The molecule has 0 radical (unpaired) electrons. The lowest BCUT2D eigenvalue weighted by Gasteiger charge is -2.30. The van der Waals surface area contributed by atoms with Crippen molar-refractivity contribution in [1.29, 1.82) is 0 Å². The Morgan fingerprint density at radius 2 is 1.83 bits per heavy atom. The van der Waals surface area contributed by atoms with Crippen molar-refractivity contribution in [3.8, 4) is 0 Å². The number of carbonyl (C=O) groups is 2. The number of aromatic nitrogens is 1. The van der Waals surface area contributed by atoms with E-state index in [0.717, 1.165) is 35.1 Å². The molecule has 1 fully saturated rings. The Morgan fingerprint density at radius 1 is 1.00 bits per heavy atom. The van der Waals surface area contributed by atoms with Crippen LogP contribution in [0.2, 0.25) is 0 Å². The molecule has 3 aromatic rings. The Balaban J connectivity index is 1.35. The zero-order valence-corrected chi connectivity index (χ0v) is 16.5. The standard InChI is InChI=1S/C22H24N6O2/c23-17-9-7-16(8-10-17)14-25-22(30)26-15-21(29)28-13-3-12-27(28)20-6-1-5-19-18(20)4-2-11-24-19/h1-2,4-11H,3,12-15,23H2,(H2,25,26,30). The van der Waals surface area contributed by atoms with Crippen molar-refractivity contribution in [3.05, 3.63) is 66.4 Å². The van der Waals surface area contributed by atoms with Gasteiger partial charge in [-0.15, -0.1) is 0 Å². The fraction of sp³-hybridized carbons (Fsp3) is 0.227. The van der Waals surface area contributed by atoms with E-state index in [9.17, 15) is 9.59 Å². The van der Waals surface area contributed by atoms with Crippen LogP contribution in [-0.2, 0) is 11.3 Å². The van der Waals surface area contributed by atoms with Crippen LogP contribution in [0.3, 0.4) is 0 Å². The molecule has 1 aromatic heterocycles. The van der Waals surface area contributed by atoms with Gasteiger partial charge in [0.2, 0.25) is 0 Å². The van der Waals surface area contributed by atoms with E-state index in [2.05, 4.69) is 15.6 Å². The minimum Gasteiger partial charge on any atom is -0.399 e. The van der Waals surface area contributed by atoms with Gasteiger partial charge in [-0.2, -0.15) is 0 Å². The van der Waals surface area contributed by atoms with Gasteiger partial charge in [0.05, 0.1) is 11.2 Å². The Kier molecular flexibility index (Phi) is 5.65. The fourth-order valence-electron chi connectivity index (χ4n) is 3.56. The average Bonchev–Trinajstić information content (AvgIpc) is 3.26. The van der Waals surface area contributed by atoms with Crippen molar-refractivity contribution >= 4 is 34.2 Å². The number of nitrogens with one attached hydrogen (secondary N) is 2. The van der Waals surface area contributed by atoms with E-state index in [1.807, 2.05) is 47.5 Å². The van der Waals surface area contributed by atoms with Crippen LogP contribution in [0, 0.1) is 0 Å². The van der Waals surface area contributed by atoms with Gasteiger partial charge >= 0.3 is 6.03 Å². The number of nitrogens with two attached hydrogens (primary N) is 1. The maximum Gasteiger partial charge on any atom is 0.315 e. The number of amides is 3. The molecule has 0 spiro atoms. The minimum atomic E-state index is -0.389. The quantitative estimate of drug-likeness (QED) is 0.566.